The van der Waals surface area contributed by atoms with Crippen LogP contribution in [-0.4, -0.2) is 35.8 Å². The van der Waals surface area contributed by atoms with Gasteiger partial charge in [0.15, 0.2) is 0 Å². The molecule has 0 radical (unpaired) electrons. The lowest BCUT2D eigenvalue weighted by atomic mass is 9.92. The molecule has 1 aromatic carbocycles. The summed E-state index contributed by atoms with van der Waals surface area (Å²) in [7, 11) is 1.49. The van der Waals surface area contributed by atoms with Crippen LogP contribution in [-0.2, 0) is 16.1 Å². The molecule has 30 heavy (non-hydrogen) atoms. The molecule has 1 heterocycles. The van der Waals surface area contributed by atoms with E-state index in [1.54, 1.807) is 6.20 Å². The van der Waals surface area contributed by atoms with E-state index in [0.717, 1.165) is 28.8 Å². The quantitative estimate of drug-likeness (QED) is 0.449. The number of carboxylic acid groups (broad SMARTS) is 1. The van der Waals surface area contributed by atoms with E-state index >= 15 is 0 Å². The minimum absolute atomic E-state index is 0.0349. The molecule has 0 saturated carbocycles. The molecule has 0 amide bonds. The Morgan fingerprint density at radius 2 is 1.97 bits per heavy atom. The number of methoxy groups -OCH3 is 1. The Bertz CT molecular complexity index is 910. The molecule has 3 unspecified atom stereocenters. The molecule has 164 valence electrons. The number of nitrogens with one attached hydrogen (secondary N) is 3. The molecule has 3 atom stereocenters. The van der Waals surface area contributed by atoms with Gasteiger partial charge in [-0.1, -0.05) is 32.4 Å². The third-order valence-corrected chi connectivity index (χ3v) is 5.48. The predicted molar refractivity (Wildman–Crippen MR) is 119 cm³/mol. The van der Waals surface area contributed by atoms with Crippen LogP contribution in [0.25, 0.3) is 0 Å². The predicted octanol–water partition coefficient (Wildman–Crippen LogP) is 3.38. The smallest absolute Gasteiger partial charge is 0.323 e. The third kappa shape index (κ3) is 6.18. The average molecular weight is 416 g/mol. The zero-order chi connectivity index (χ0) is 22.3. The molecule has 0 saturated heterocycles. The largest absolute Gasteiger partial charge is 0.480 e. The number of hydrogen-bond donors (Lipinski definition) is 4. The summed E-state index contributed by atoms with van der Waals surface area (Å²) >= 11 is 0. The number of ether oxygens (including phenoxy) is 1. The van der Waals surface area contributed by atoms with E-state index in [4.69, 9.17) is 4.74 Å². The SMILES string of the molecule is CCC(C)C(Nc1cc(CNC(COC)C(=O)O)ccc1C)c1c[nH]c(=O)c(C)c1. The number of aliphatic carboxylic acids is 1. The number of rotatable bonds is 11. The third-order valence-electron chi connectivity index (χ3n) is 5.48. The average Bonchev–Trinajstić information content (AvgIpc) is 2.72. The van der Waals surface area contributed by atoms with Gasteiger partial charge in [0, 0.05) is 31.1 Å². The normalized spacial score (nSPS) is 14.2. The molecule has 4 N–H and O–H groups in total. The highest BCUT2D eigenvalue weighted by Gasteiger charge is 2.20. The summed E-state index contributed by atoms with van der Waals surface area (Å²) in [4.78, 5) is 25.9. The van der Waals surface area contributed by atoms with Crippen LogP contribution in [0.5, 0.6) is 0 Å². The van der Waals surface area contributed by atoms with Crippen molar-refractivity contribution in [3.8, 4) is 0 Å². The van der Waals surface area contributed by atoms with Gasteiger partial charge in [-0.2, -0.15) is 0 Å². The van der Waals surface area contributed by atoms with E-state index in [-0.39, 0.29) is 18.2 Å². The second kappa shape index (κ2) is 10.9. The Morgan fingerprint density at radius 3 is 2.57 bits per heavy atom. The van der Waals surface area contributed by atoms with Gasteiger partial charge >= 0.3 is 5.97 Å². The maximum atomic E-state index is 11.8. The Morgan fingerprint density at radius 1 is 1.23 bits per heavy atom. The number of carboxylic acids is 1. The first-order valence-electron chi connectivity index (χ1n) is 10.3. The molecule has 0 aliphatic carbocycles. The van der Waals surface area contributed by atoms with Gasteiger partial charge in [0.2, 0.25) is 0 Å². The minimum atomic E-state index is -0.937. The second-order valence-electron chi connectivity index (χ2n) is 7.83. The van der Waals surface area contributed by atoms with Gasteiger partial charge in [0.25, 0.3) is 5.56 Å². The summed E-state index contributed by atoms with van der Waals surface area (Å²) in [5.74, 6) is -0.595. The van der Waals surface area contributed by atoms with Crippen LogP contribution in [0, 0.1) is 19.8 Å². The molecule has 2 aromatic rings. The number of aryl methyl sites for hydroxylation is 2. The van der Waals surface area contributed by atoms with Crippen LogP contribution in [0.4, 0.5) is 5.69 Å². The first-order chi connectivity index (χ1) is 14.3. The van der Waals surface area contributed by atoms with Gasteiger partial charge in [0.1, 0.15) is 6.04 Å². The highest BCUT2D eigenvalue weighted by Crippen LogP contribution is 2.30. The van der Waals surface area contributed by atoms with Crippen molar-refractivity contribution >= 4 is 11.7 Å². The zero-order valence-corrected chi connectivity index (χ0v) is 18.4. The van der Waals surface area contributed by atoms with Gasteiger partial charge in [-0.25, -0.2) is 0 Å². The van der Waals surface area contributed by atoms with Gasteiger partial charge in [0.05, 0.1) is 12.6 Å². The maximum absolute atomic E-state index is 11.8. The fourth-order valence-corrected chi connectivity index (χ4v) is 3.32. The van der Waals surface area contributed by atoms with E-state index in [1.165, 1.54) is 7.11 Å². The number of anilines is 1. The molecule has 0 fully saturated rings. The van der Waals surface area contributed by atoms with Crippen molar-refractivity contribution in [2.24, 2.45) is 5.92 Å². The van der Waals surface area contributed by atoms with Crippen molar-refractivity contribution in [1.29, 1.82) is 0 Å². The highest BCUT2D eigenvalue weighted by atomic mass is 16.5. The van der Waals surface area contributed by atoms with E-state index in [2.05, 4.69) is 29.5 Å². The molecular weight excluding hydrogens is 382 g/mol. The summed E-state index contributed by atoms with van der Waals surface area (Å²) in [5, 5.41) is 15.9. The van der Waals surface area contributed by atoms with Crippen LogP contribution in [0.2, 0.25) is 0 Å². The monoisotopic (exact) mass is 415 g/mol. The fraction of sp³-hybridized carbons (Fsp3) is 0.478. The summed E-state index contributed by atoms with van der Waals surface area (Å²) in [6.45, 7) is 8.70. The van der Waals surface area contributed by atoms with Crippen molar-refractivity contribution < 1.29 is 14.6 Å². The molecule has 0 aliphatic rings. The number of aromatic amines is 1. The molecule has 1 aromatic heterocycles. The lowest BCUT2D eigenvalue weighted by Gasteiger charge is -2.27. The van der Waals surface area contributed by atoms with Gasteiger partial charge in [-0.15, -0.1) is 0 Å². The molecular formula is C23H33N3O4. The van der Waals surface area contributed by atoms with Crippen molar-refractivity contribution in [3.63, 3.8) is 0 Å². The number of hydrogen-bond acceptors (Lipinski definition) is 5. The van der Waals surface area contributed by atoms with Gasteiger partial charge in [-0.05, 0) is 48.6 Å². The van der Waals surface area contributed by atoms with E-state index in [0.29, 0.717) is 18.0 Å². The highest BCUT2D eigenvalue weighted by molar-refractivity contribution is 5.73. The van der Waals surface area contributed by atoms with Crippen LogP contribution < -0.4 is 16.2 Å². The Kier molecular flexibility index (Phi) is 8.62. The number of pyridine rings is 1. The Hall–Kier alpha value is -2.64. The molecule has 7 heteroatoms. The van der Waals surface area contributed by atoms with Crippen LogP contribution in [0.15, 0.2) is 35.3 Å². The van der Waals surface area contributed by atoms with Crippen molar-refractivity contribution in [1.82, 2.24) is 10.3 Å². The van der Waals surface area contributed by atoms with Gasteiger partial charge < -0.3 is 20.1 Å². The minimum Gasteiger partial charge on any atom is -0.480 e. The number of aromatic nitrogens is 1. The number of benzene rings is 1. The molecule has 0 bridgehead atoms. The Labute approximate surface area is 177 Å². The first kappa shape index (κ1) is 23.6. The van der Waals surface area contributed by atoms with Gasteiger partial charge in [-0.3, -0.25) is 14.9 Å². The summed E-state index contributed by atoms with van der Waals surface area (Å²) in [5.41, 5.74) is 4.72. The van der Waals surface area contributed by atoms with E-state index < -0.39 is 12.0 Å². The summed E-state index contributed by atoms with van der Waals surface area (Å²) in [6.07, 6.45) is 2.76. The number of H-pyrrole nitrogens is 1. The van der Waals surface area contributed by atoms with Crippen molar-refractivity contribution in [2.75, 3.05) is 19.0 Å². The van der Waals surface area contributed by atoms with Crippen molar-refractivity contribution in [2.45, 2.75) is 52.7 Å². The van der Waals surface area contributed by atoms with E-state index in [9.17, 15) is 14.7 Å². The topological polar surface area (TPSA) is 103 Å². The van der Waals surface area contributed by atoms with Crippen molar-refractivity contribution in [3.05, 3.63) is 63.1 Å². The van der Waals surface area contributed by atoms with Crippen LogP contribution >= 0.6 is 0 Å². The fourth-order valence-electron chi connectivity index (χ4n) is 3.32. The van der Waals surface area contributed by atoms with Crippen LogP contribution in [0.1, 0.15) is 48.6 Å². The summed E-state index contributed by atoms with van der Waals surface area (Å²) in [6, 6.07) is 7.27. The summed E-state index contributed by atoms with van der Waals surface area (Å²) < 4.78 is 4.97. The molecule has 2 rings (SSSR count). The number of carbonyl (C=O) groups is 1. The molecule has 0 spiro atoms. The second-order valence-corrected chi connectivity index (χ2v) is 7.83. The lowest BCUT2D eigenvalue weighted by molar-refractivity contribution is -0.140. The maximum Gasteiger partial charge on any atom is 0.323 e. The first-order valence-corrected chi connectivity index (χ1v) is 10.3. The standard InChI is InChI=1S/C23H33N3O4/c1-6-14(2)21(18-9-16(4)22(27)25-12-18)26-19-10-17(8-7-15(19)3)11-24-20(13-30-5)23(28)29/h7-10,12,14,20-21,24,26H,6,11,13H2,1-5H3,(H,25,27)(H,28,29). The van der Waals surface area contributed by atoms with Crippen LogP contribution in [0.3, 0.4) is 0 Å². The Balaban J connectivity index is 2.25. The molecule has 7 nitrogen and oxygen atoms in total. The molecule has 0 aliphatic heterocycles. The lowest BCUT2D eigenvalue weighted by Crippen LogP contribution is -2.39. The van der Waals surface area contributed by atoms with E-state index in [1.807, 2.05) is 38.1 Å². The zero-order valence-electron chi connectivity index (χ0n) is 18.4.